The van der Waals surface area contributed by atoms with E-state index in [0.29, 0.717) is 10.7 Å². The molecule has 7 heteroatoms. The van der Waals surface area contributed by atoms with Gasteiger partial charge in [-0.05, 0) is 37.3 Å². The van der Waals surface area contributed by atoms with E-state index < -0.39 is 18.0 Å². The molecule has 0 aliphatic rings. The maximum Gasteiger partial charge on any atom is 0.342 e. The van der Waals surface area contributed by atoms with Crippen molar-refractivity contribution < 1.29 is 19.4 Å². The van der Waals surface area contributed by atoms with Gasteiger partial charge in [-0.3, -0.25) is 4.79 Å². The molecule has 0 aliphatic carbocycles. The third-order valence-corrected chi connectivity index (χ3v) is 3.51. The number of para-hydroxylation sites is 1. The molecule has 0 bridgehead atoms. The highest BCUT2D eigenvalue weighted by molar-refractivity contribution is 6.36. The summed E-state index contributed by atoms with van der Waals surface area (Å²) in [7, 11) is 0. The number of benzene rings is 2. The van der Waals surface area contributed by atoms with E-state index in [9.17, 15) is 14.7 Å². The fourth-order valence-corrected chi connectivity index (χ4v) is 2.20. The summed E-state index contributed by atoms with van der Waals surface area (Å²) in [4.78, 5) is 24.0. The summed E-state index contributed by atoms with van der Waals surface area (Å²) in [6.07, 6.45) is -1.08. The van der Waals surface area contributed by atoms with Crippen LogP contribution in [0.5, 0.6) is 5.75 Å². The van der Waals surface area contributed by atoms with Crippen molar-refractivity contribution in [2.45, 2.75) is 13.0 Å². The Morgan fingerprint density at radius 3 is 2.52 bits per heavy atom. The highest BCUT2D eigenvalue weighted by atomic mass is 35.5. The van der Waals surface area contributed by atoms with Crippen LogP contribution in [-0.2, 0) is 9.53 Å². The van der Waals surface area contributed by atoms with Gasteiger partial charge in [-0.2, -0.15) is 0 Å². The first-order chi connectivity index (χ1) is 10.9. The third kappa shape index (κ3) is 4.37. The fraction of sp³-hybridized carbons (Fsp3) is 0.125. The van der Waals surface area contributed by atoms with Gasteiger partial charge in [0.15, 0.2) is 6.10 Å². The van der Waals surface area contributed by atoms with Gasteiger partial charge in [0.1, 0.15) is 11.3 Å². The molecular formula is C16H13Cl2NO4. The molecule has 0 aliphatic heterocycles. The molecule has 0 saturated heterocycles. The molecule has 0 radical (unpaired) electrons. The van der Waals surface area contributed by atoms with Gasteiger partial charge in [-0.25, -0.2) is 4.79 Å². The molecule has 1 amide bonds. The smallest absolute Gasteiger partial charge is 0.342 e. The van der Waals surface area contributed by atoms with Gasteiger partial charge < -0.3 is 15.2 Å². The maximum absolute atomic E-state index is 12.1. The molecule has 0 saturated carbocycles. The van der Waals surface area contributed by atoms with Crippen molar-refractivity contribution in [3.8, 4) is 5.75 Å². The van der Waals surface area contributed by atoms with Crippen molar-refractivity contribution in [2.75, 3.05) is 5.32 Å². The Morgan fingerprint density at radius 1 is 1.17 bits per heavy atom. The lowest BCUT2D eigenvalue weighted by molar-refractivity contribution is -0.123. The van der Waals surface area contributed by atoms with Gasteiger partial charge in [-0.1, -0.05) is 35.3 Å². The number of hydrogen-bond donors (Lipinski definition) is 2. The first-order valence-corrected chi connectivity index (χ1v) is 7.39. The van der Waals surface area contributed by atoms with Crippen molar-refractivity contribution in [1.82, 2.24) is 0 Å². The quantitative estimate of drug-likeness (QED) is 0.817. The van der Waals surface area contributed by atoms with Crippen molar-refractivity contribution in [3.63, 3.8) is 0 Å². The summed E-state index contributed by atoms with van der Waals surface area (Å²) in [5.41, 5.74) is 0.336. The van der Waals surface area contributed by atoms with Crippen LogP contribution in [0.1, 0.15) is 17.3 Å². The summed E-state index contributed by atoms with van der Waals surface area (Å²) in [5, 5.41) is 12.8. The number of amides is 1. The maximum atomic E-state index is 12.1. The molecule has 1 atom stereocenters. The zero-order chi connectivity index (χ0) is 17.0. The Morgan fingerprint density at radius 2 is 1.87 bits per heavy atom. The molecule has 120 valence electrons. The largest absolute Gasteiger partial charge is 0.507 e. The van der Waals surface area contributed by atoms with Gasteiger partial charge in [0, 0.05) is 5.02 Å². The van der Waals surface area contributed by atoms with E-state index in [1.165, 1.54) is 25.1 Å². The number of carbonyl (C=O) groups is 2. The zero-order valence-corrected chi connectivity index (χ0v) is 13.6. The summed E-state index contributed by atoms with van der Waals surface area (Å²) < 4.78 is 5.03. The van der Waals surface area contributed by atoms with E-state index >= 15 is 0 Å². The van der Waals surface area contributed by atoms with Crippen molar-refractivity contribution >= 4 is 40.8 Å². The lowest BCUT2D eigenvalue weighted by Gasteiger charge is -2.14. The second-order valence-electron chi connectivity index (χ2n) is 4.68. The number of aromatic hydroxyl groups is 1. The number of phenolic OH excluding ortho intramolecular Hbond substituents is 1. The average molecular weight is 354 g/mol. The summed E-state index contributed by atoms with van der Waals surface area (Å²) in [6.45, 7) is 1.41. The van der Waals surface area contributed by atoms with E-state index in [1.807, 2.05) is 0 Å². The van der Waals surface area contributed by atoms with Crippen LogP contribution in [0.2, 0.25) is 10.0 Å². The van der Waals surface area contributed by atoms with Gasteiger partial charge >= 0.3 is 5.97 Å². The van der Waals surface area contributed by atoms with E-state index in [1.54, 1.807) is 24.3 Å². The summed E-state index contributed by atoms with van der Waals surface area (Å²) in [6, 6.07) is 10.5. The van der Waals surface area contributed by atoms with Crippen LogP contribution in [-0.4, -0.2) is 23.1 Å². The molecule has 2 aromatic rings. The number of halogens is 2. The van der Waals surface area contributed by atoms with Crippen molar-refractivity contribution in [2.24, 2.45) is 0 Å². The molecule has 0 spiro atoms. The number of ether oxygens (including phenoxy) is 1. The zero-order valence-electron chi connectivity index (χ0n) is 12.0. The van der Waals surface area contributed by atoms with E-state index in [4.69, 9.17) is 27.9 Å². The minimum atomic E-state index is -1.08. The topological polar surface area (TPSA) is 75.6 Å². The molecule has 1 unspecified atom stereocenters. The standard InChI is InChI=1S/C16H13Cl2NO4/c1-9(23-16(22)11-4-2-3-5-14(11)20)15(21)19-13-7-6-10(17)8-12(13)18/h2-9,20H,1H3,(H,19,21). The predicted molar refractivity (Wildman–Crippen MR) is 88.1 cm³/mol. The van der Waals surface area contributed by atoms with E-state index in [2.05, 4.69) is 5.32 Å². The van der Waals surface area contributed by atoms with Crippen LogP contribution in [0.25, 0.3) is 0 Å². The summed E-state index contributed by atoms with van der Waals surface area (Å²) in [5.74, 6) is -1.57. The average Bonchev–Trinajstić information content (AvgIpc) is 2.50. The second-order valence-corrected chi connectivity index (χ2v) is 5.52. The van der Waals surface area contributed by atoms with Crippen LogP contribution in [0.15, 0.2) is 42.5 Å². The molecule has 2 rings (SSSR count). The molecule has 0 fully saturated rings. The van der Waals surface area contributed by atoms with Crippen LogP contribution in [0.4, 0.5) is 5.69 Å². The van der Waals surface area contributed by atoms with Crippen molar-refractivity contribution in [3.05, 3.63) is 58.1 Å². The van der Waals surface area contributed by atoms with Crippen LogP contribution < -0.4 is 5.32 Å². The normalized spacial score (nSPS) is 11.6. The highest BCUT2D eigenvalue weighted by Gasteiger charge is 2.21. The molecule has 5 nitrogen and oxygen atoms in total. The minimum Gasteiger partial charge on any atom is -0.507 e. The van der Waals surface area contributed by atoms with Crippen LogP contribution in [0.3, 0.4) is 0 Å². The molecule has 23 heavy (non-hydrogen) atoms. The molecule has 2 N–H and O–H groups in total. The highest BCUT2D eigenvalue weighted by Crippen LogP contribution is 2.25. The van der Waals surface area contributed by atoms with Gasteiger partial charge in [0.05, 0.1) is 10.7 Å². The Balaban J connectivity index is 2.03. The number of carbonyl (C=O) groups excluding carboxylic acids is 2. The first-order valence-electron chi connectivity index (χ1n) is 6.63. The predicted octanol–water partition coefficient (Wildman–Crippen LogP) is 3.88. The Labute approximate surface area is 142 Å². The number of nitrogens with one attached hydrogen (secondary N) is 1. The lowest BCUT2D eigenvalue weighted by Crippen LogP contribution is -2.30. The number of hydrogen-bond acceptors (Lipinski definition) is 4. The molecule has 2 aromatic carbocycles. The van der Waals surface area contributed by atoms with Crippen LogP contribution in [0, 0.1) is 0 Å². The SMILES string of the molecule is CC(OC(=O)c1ccccc1O)C(=O)Nc1ccc(Cl)cc1Cl. The summed E-state index contributed by atoms with van der Waals surface area (Å²) >= 11 is 11.7. The lowest BCUT2D eigenvalue weighted by atomic mass is 10.2. The van der Waals surface area contributed by atoms with Gasteiger partial charge in [0.25, 0.3) is 5.91 Å². The molecule has 0 aromatic heterocycles. The van der Waals surface area contributed by atoms with E-state index in [-0.39, 0.29) is 16.3 Å². The fourth-order valence-electron chi connectivity index (χ4n) is 1.75. The number of esters is 1. The first kappa shape index (κ1) is 17.1. The Hall–Kier alpha value is -2.24. The minimum absolute atomic E-state index is 0.0170. The monoisotopic (exact) mass is 353 g/mol. The third-order valence-electron chi connectivity index (χ3n) is 2.97. The molecular weight excluding hydrogens is 341 g/mol. The van der Waals surface area contributed by atoms with Gasteiger partial charge in [-0.15, -0.1) is 0 Å². The second kappa shape index (κ2) is 7.35. The Kier molecular flexibility index (Phi) is 5.47. The number of phenols is 1. The Bertz CT molecular complexity index is 749. The van der Waals surface area contributed by atoms with Gasteiger partial charge in [0.2, 0.25) is 0 Å². The van der Waals surface area contributed by atoms with Crippen LogP contribution >= 0.6 is 23.2 Å². The number of rotatable bonds is 4. The molecule has 0 heterocycles. The van der Waals surface area contributed by atoms with E-state index in [0.717, 1.165) is 0 Å². The van der Waals surface area contributed by atoms with Crippen molar-refractivity contribution in [1.29, 1.82) is 0 Å². The number of anilines is 1.